The summed E-state index contributed by atoms with van der Waals surface area (Å²) in [7, 11) is -1.51. The monoisotopic (exact) mass is 364 g/mol. The van der Waals surface area contributed by atoms with Gasteiger partial charge in [0, 0.05) is 0 Å². The number of hydrogen-bond acceptors (Lipinski definition) is 2. The van der Waals surface area contributed by atoms with Crippen molar-refractivity contribution in [1.29, 1.82) is 0 Å². The Hall–Kier alpha value is -3.14. The minimum atomic E-state index is -1.51. The van der Waals surface area contributed by atoms with E-state index in [1.165, 1.54) is 0 Å². The predicted molar refractivity (Wildman–Crippen MR) is 115 cm³/mol. The van der Waals surface area contributed by atoms with Gasteiger partial charge < -0.3 is 10.0 Å². The van der Waals surface area contributed by atoms with Crippen LogP contribution in [0.25, 0.3) is 0 Å². The van der Waals surface area contributed by atoms with Gasteiger partial charge in [-0.05, 0) is 27.7 Å². The van der Waals surface area contributed by atoms with E-state index >= 15 is 0 Å². The highest BCUT2D eigenvalue weighted by molar-refractivity contribution is 6.58. The van der Waals surface area contributed by atoms with Crippen LogP contribution in [0.4, 0.5) is 0 Å². The van der Waals surface area contributed by atoms with E-state index in [1.807, 2.05) is 66.7 Å². The van der Waals surface area contributed by atoms with Crippen LogP contribution in [-0.4, -0.2) is 17.2 Å². The van der Waals surface area contributed by atoms with Crippen LogP contribution < -0.4 is 5.46 Å². The topological polar surface area (TPSA) is 40.5 Å². The predicted octanol–water partition coefficient (Wildman–Crippen LogP) is 3.75. The van der Waals surface area contributed by atoms with Crippen LogP contribution in [0.5, 0.6) is 0 Å². The number of rotatable bonds is 5. The van der Waals surface area contributed by atoms with Gasteiger partial charge in [0.25, 0.3) is 0 Å². The molecule has 3 heteroatoms. The Balaban J connectivity index is 2.12. The van der Waals surface area contributed by atoms with Crippen molar-refractivity contribution in [3.05, 3.63) is 138 Å². The Kier molecular flexibility index (Phi) is 5.11. The van der Waals surface area contributed by atoms with E-state index in [4.69, 9.17) is 0 Å². The fourth-order valence-corrected chi connectivity index (χ4v) is 4.00. The van der Waals surface area contributed by atoms with E-state index in [1.54, 1.807) is 6.07 Å². The molecule has 0 aliphatic rings. The largest absolute Gasteiger partial charge is 0.488 e. The van der Waals surface area contributed by atoms with Crippen molar-refractivity contribution in [3.8, 4) is 0 Å². The molecule has 0 radical (unpaired) electrons. The minimum Gasteiger partial charge on any atom is -0.423 e. The third kappa shape index (κ3) is 3.15. The first-order valence-electron chi connectivity index (χ1n) is 9.36. The van der Waals surface area contributed by atoms with Gasteiger partial charge >= 0.3 is 7.12 Å². The van der Waals surface area contributed by atoms with Crippen LogP contribution in [0.1, 0.15) is 22.3 Å². The summed E-state index contributed by atoms with van der Waals surface area (Å²) in [6.45, 7) is 0. The van der Waals surface area contributed by atoms with E-state index in [0.29, 0.717) is 5.46 Å². The van der Waals surface area contributed by atoms with E-state index in [0.717, 1.165) is 22.3 Å². The molecular weight excluding hydrogens is 343 g/mol. The first-order valence-corrected chi connectivity index (χ1v) is 9.36. The Morgan fingerprint density at radius 2 is 0.857 bits per heavy atom. The van der Waals surface area contributed by atoms with Gasteiger partial charge in [0.15, 0.2) is 0 Å². The van der Waals surface area contributed by atoms with E-state index < -0.39 is 12.5 Å². The summed E-state index contributed by atoms with van der Waals surface area (Å²) in [4.78, 5) is 0. The maximum absolute atomic E-state index is 9.78. The highest BCUT2D eigenvalue weighted by Crippen LogP contribution is 2.44. The molecule has 0 amide bonds. The van der Waals surface area contributed by atoms with Crippen molar-refractivity contribution in [2.24, 2.45) is 0 Å². The quantitative estimate of drug-likeness (QED) is 0.418. The molecule has 4 aromatic rings. The first-order chi connectivity index (χ1) is 13.7. The number of benzene rings is 4. The zero-order valence-corrected chi connectivity index (χ0v) is 15.4. The average molecular weight is 364 g/mol. The molecule has 0 saturated carbocycles. The number of hydrogen-bond donors (Lipinski definition) is 2. The standard InChI is InChI=1S/C25H21BO2/c27-26(28)24-18-10-17-23(19-24)25(20-11-4-1-5-12-20,21-13-6-2-7-14-21)22-15-8-3-9-16-22/h1-19,27-28H. The van der Waals surface area contributed by atoms with Crippen molar-refractivity contribution in [2.45, 2.75) is 5.41 Å². The van der Waals surface area contributed by atoms with Crippen molar-refractivity contribution >= 4 is 12.6 Å². The molecule has 0 heterocycles. The molecule has 0 aliphatic carbocycles. The molecule has 0 aromatic heterocycles. The third-order valence-electron chi connectivity index (χ3n) is 5.24. The van der Waals surface area contributed by atoms with Crippen LogP contribution in [0, 0.1) is 0 Å². The maximum atomic E-state index is 9.78. The van der Waals surface area contributed by atoms with E-state index in [-0.39, 0.29) is 0 Å². The summed E-state index contributed by atoms with van der Waals surface area (Å²) in [6.07, 6.45) is 0. The summed E-state index contributed by atoms with van der Waals surface area (Å²) in [5, 5.41) is 19.6. The zero-order valence-electron chi connectivity index (χ0n) is 15.4. The summed E-state index contributed by atoms with van der Waals surface area (Å²) in [6, 6.07) is 38.6. The molecule has 0 atom stereocenters. The molecule has 0 bridgehead atoms. The van der Waals surface area contributed by atoms with Crippen molar-refractivity contribution in [3.63, 3.8) is 0 Å². The van der Waals surface area contributed by atoms with E-state index in [2.05, 4.69) is 42.5 Å². The van der Waals surface area contributed by atoms with Crippen LogP contribution in [-0.2, 0) is 5.41 Å². The molecule has 4 rings (SSSR count). The van der Waals surface area contributed by atoms with Gasteiger partial charge in [-0.3, -0.25) is 0 Å². The average Bonchev–Trinajstić information content (AvgIpc) is 2.77. The van der Waals surface area contributed by atoms with Gasteiger partial charge in [-0.2, -0.15) is 0 Å². The van der Waals surface area contributed by atoms with Crippen molar-refractivity contribution in [2.75, 3.05) is 0 Å². The zero-order chi connectivity index (χ0) is 19.4. The van der Waals surface area contributed by atoms with Gasteiger partial charge in [-0.25, -0.2) is 0 Å². The summed E-state index contributed by atoms with van der Waals surface area (Å²) in [5.74, 6) is 0. The molecule has 0 saturated heterocycles. The van der Waals surface area contributed by atoms with Gasteiger partial charge in [0.05, 0.1) is 5.41 Å². The lowest BCUT2D eigenvalue weighted by Gasteiger charge is -2.37. The summed E-state index contributed by atoms with van der Waals surface area (Å²) < 4.78 is 0. The lowest BCUT2D eigenvalue weighted by atomic mass is 9.64. The van der Waals surface area contributed by atoms with Crippen LogP contribution in [0.2, 0.25) is 0 Å². The Morgan fingerprint density at radius 1 is 0.464 bits per heavy atom. The van der Waals surface area contributed by atoms with Crippen LogP contribution >= 0.6 is 0 Å². The molecule has 0 spiro atoms. The van der Waals surface area contributed by atoms with E-state index in [9.17, 15) is 10.0 Å². The van der Waals surface area contributed by atoms with Gasteiger partial charge in [-0.15, -0.1) is 0 Å². The molecular formula is C25H21BO2. The van der Waals surface area contributed by atoms with Crippen molar-refractivity contribution < 1.29 is 10.0 Å². The Morgan fingerprint density at radius 3 is 1.25 bits per heavy atom. The second-order valence-corrected chi connectivity index (χ2v) is 6.85. The molecule has 2 nitrogen and oxygen atoms in total. The lowest BCUT2D eigenvalue weighted by Crippen LogP contribution is -2.35. The molecule has 0 fully saturated rings. The van der Waals surface area contributed by atoms with Crippen LogP contribution in [0.15, 0.2) is 115 Å². The normalized spacial score (nSPS) is 11.2. The summed E-state index contributed by atoms with van der Waals surface area (Å²) in [5.41, 5.74) is 4.26. The van der Waals surface area contributed by atoms with Gasteiger partial charge in [0.1, 0.15) is 0 Å². The second-order valence-electron chi connectivity index (χ2n) is 6.85. The fourth-order valence-electron chi connectivity index (χ4n) is 4.00. The Bertz CT molecular complexity index is 935. The minimum absolute atomic E-state index is 0.477. The van der Waals surface area contributed by atoms with Crippen LogP contribution in [0.3, 0.4) is 0 Å². The highest BCUT2D eigenvalue weighted by atomic mass is 16.4. The Labute approximate surface area is 165 Å². The molecule has 28 heavy (non-hydrogen) atoms. The highest BCUT2D eigenvalue weighted by Gasteiger charge is 2.38. The summed E-state index contributed by atoms with van der Waals surface area (Å²) >= 11 is 0. The molecule has 4 aromatic carbocycles. The van der Waals surface area contributed by atoms with Gasteiger partial charge in [-0.1, -0.05) is 115 Å². The molecule has 136 valence electrons. The van der Waals surface area contributed by atoms with Crippen molar-refractivity contribution in [1.82, 2.24) is 0 Å². The third-order valence-corrected chi connectivity index (χ3v) is 5.24. The molecule has 0 aliphatic heterocycles. The smallest absolute Gasteiger partial charge is 0.423 e. The molecule has 2 N–H and O–H groups in total. The second kappa shape index (κ2) is 7.85. The maximum Gasteiger partial charge on any atom is 0.488 e. The first kappa shape index (κ1) is 18.2. The molecule has 0 unspecified atom stereocenters. The fraction of sp³-hybridized carbons (Fsp3) is 0.0400. The lowest BCUT2D eigenvalue weighted by molar-refractivity contribution is 0.425. The van der Waals surface area contributed by atoms with Gasteiger partial charge in [0.2, 0.25) is 0 Å². The SMILES string of the molecule is OB(O)c1cccc(C(c2ccccc2)(c2ccccc2)c2ccccc2)c1.